The quantitative estimate of drug-likeness (QED) is 0.419. The molecule has 0 spiro atoms. The number of thiol groups is 1. The Morgan fingerprint density at radius 3 is 1.11 bits per heavy atom. The summed E-state index contributed by atoms with van der Waals surface area (Å²) < 4.78 is 15.2. The van der Waals surface area contributed by atoms with Crippen molar-refractivity contribution in [3.05, 3.63) is 78.9 Å². The lowest BCUT2D eigenvalue weighted by atomic mass is 10.3. The van der Waals surface area contributed by atoms with Gasteiger partial charge in [0.05, 0.1) is 21.3 Å². The average molecular weight is 386 g/mol. The van der Waals surface area contributed by atoms with Crippen molar-refractivity contribution in [2.75, 3.05) is 21.3 Å². The Hall–Kier alpha value is -2.59. The summed E-state index contributed by atoms with van der Waals surface area (Å²) in [5.74, 6) is 2.69. The Morgan fingerprint density at radius 2 is 0.815 bits per heavy atom. The zero-order valence-corrected chi connectivity index (χ0v) is 17.6. The molecule has 4 heteroatoms. The van der Waals surface area contributed by atoms with Gasteiger partial charge in [-0.3, -0.25) is 0 Å². The predicted octanol–water partition coefficient (Wildman–Crippen LogP) is 5.66. The summed E-state index contributed by atoms with van der Waals surface area (Å²) >= 11 is 1.19. The van der Waals surface area contributed by atoms with Gasteiger partial charge in [-0.05, 0) is 60.7 Å². The molecule has 0 radical (unpaired) electrons. The van der Waals surface area contributed by atoms with E-state index in [4.69, 9.17) is 14.2 Å². The minimum atomic E-state index is 0.888. The van der Waals surface area contributed by atoms with E-state index < -0.39 is 0 Å². The second-order valence-electron chi connectivity index (χ2n) is 5.03. The van der Waals surface area contributed by atoms with E-state index >= 15 is 0 Å². The second-order valence-corrected chi connectivity index (χ2v) is 6.28. The van der Waals surface area contributed by atoms with Crippen LogP contribution < -0.4 is 14.2 Å². The third-order valence-corrected chi connectivity index (χ3v) is 4.49. The van der Waals surface area contributed by atoms with E-state index in [0.717, 1.165) is 17.2 Å². The molecule has 0 heterocycles. The molecule has 0 fully saturated rings. The van der Waals surface area contributed by atoms with E-state index in [1.54, 1.807) is 21.3 Å². The van der Waals surface area contributed by atoms with Crippen LogP contribution in [0.5, 0.6) is 17.2 Å². The lowest BCUT2D eigenvalue weighted by Crippen LogP contribution is -1.87. The van der Waals surface area contributed by atoms with Crippen LogP contribution in [0.4, 0.5) is 0 Å². The Bertz CT molecular complexity index is 680. The fraction of sp³-hybridized carbons (Fsp3) is 0.217. The SMILES string of the molecule is CC.COc1ccc([SH+]c2ccc(OC)cc2)cc1.COc1ccccc1. The summed E-state index contributed by atoms with van der Waals surface area (Å²) in [6.45, 7) is 4.00. The molecule has 3 rings (SSSR count). The van der Waals surface area contributed by atoms with Gasteiger partial charge in [0.25, 0.3) is 0 Å². The van der Waals surface area contributed by atoms with Crippen LogP contribution in [-0.2, 0) is 11.8 Å². The monoisotopic (exact) mass is 385 g/mol. The van der Waals surface area contributed by atoms with Gasteiger partial charge in [0.1, 0.15) is 17.2 Å². The summed E-state index contributed by atoms with van der Waals surface area (Å²) in [6, 6.07) is 25.9. The summed E-state index contributed by atoms with van der Waals surface area (Å²) in [5.41, 5.74) is 0. The lowest BCUT2D eigenvalue weighted by Gasteiger charge is -1.99. The van der Waals surface area contributed by atoms with Crippen LogP contribution in [0.15, 0.2) is 88.7 Å². The van der Waals surface area contributed by atoms with Gasteiger partial charge in [-0.2, -0.15) is 0 Å². The van der Waals surface area contributed by atoms with Crippen molar-refractivity contribution in [3.63, 3.8) is 0 Å². The van der Waals surface area contributed by atoms with E-state index in [-0.39, 0.29) is 0 Å². The largest absolute Gasteiger partial charge is 0.497 e. The Balaban J connectivity index is 0.000000305. The van der Waals surface area contributed by atoms with Gasteiger partial charge in [-0.25, -0.2) is 0 Å². The topological polar surface area (TPSA) is 27.7 Å². The maximum absolute atomic E-state index is 5.13. The summed E-state index contributed by atoms with van der Waals surface area (Å²) in [5, 5.41) is 0. The molecule has 3 nitrogen and oxygen atoms in total. The van der Waals surface area contributed by atoms with Crippen LogP contribution in [0.1, 0.15) is 13.8 Å². The van der Waals surface area contributed by atoms with Crippen molar-refractivity contribution in [2.45, 2.75) is 23.6 Å². The molecule has 0 saturated heterocycles. The van der Waals surface area contributed by atoms with Crippen molar-refractivity contribution in [1.29, 1.82) is 0 Å². The smallest absolute Gasteiger partial charge is 0.158 e. The van der Waals surface area contributed by atoms with Crippen LogP contribution in [0.25, 0.3) is 0 Å². The van der Waals surface area contributed by atoms with Gasteiger partial charge in [0.2, 0.25) is 0 Å². The molecular formula is C23H29O3S+. The van der Waals surface area contributed by atoms with E-state index in [2.05, 4.69) is 24.3 Å². The summed E-state index contributed by atoms with van der Waals surface area (Å²) in [4.78, 5) is 2.49. The first-order chi connectivity index (χ1) is 13.2. The van der Waals surface area contributed by atoms with Gasteiger partial charge in [-0.15, -0.1) is 0 Å². The number of methoxy groups -OCH3 is 3. The number of benzene rings is 3. The number of rotatable bonds is 5. The molecule has 0 saturated carbocycles. The normalized spacial score (nSPS) is 9.07. The number of ether oxygens (including phenoxy) is 3. The van der Waals surface area contributed by atoms with Crippen molar-refractivity contribution >= 4 is 11.8 Å². The third-order valence-electron chi connectivity index (χ3n) is 3.38. The average Bonchev–Trinajstić information content (AvgIpc) is 2.77. The molecule has 0 atom stereocenters. The molecule has 144 valence electrons. The maximum Gasteiger partial charge on any atom is 0.158 e. The minimum Gasteiger partial charge on any atom is -0.497 e. The first kappa shape index (κ1) is 22.5. The van der Waals surface area contributed by atoms with Crippen molar-refractivity contribution in [2.24, 2.45) is 0 Å². The number of para-hydroxylation sites is 1. The minimum absolute atomic E-state index is 0.888. The molecular weight excluding hydrogens is 356 g/mol. The summed E-state index contributed by atoms with van der Waals surface area (Å²) in [6.07, 6.45) is 0. The molecule has 0 bridgehead atoms. The van der Waals surface area contributed by atoms with Gasteiger partial charge < -0.3 is 14.2 Å². The molecule has 0 N–H and O–H groups in total. The molecule has 0 aliphatic heterocycles. The van der Waals surface area contributed by atoms with E-state index in [1.807, 2.05) is 68.4 Å². The van der Waals surface area contributed by atoms with E-state index in [0.29, 0.717) is 0 Å². The van der Waals surface area contributed by atoms with Crippen LogP contribution in [0, 0.1) is 0 Å². The molecule has 3 aromatic carbocycles. The fourth-order valence-electron chi connectivity index (χ4n) is 2.02. The molecule has 0 unspecified atom stereocenters. The molecule has 3 aromatic rings. The second kappa shape index (κ2) is 13.6. The Morgan fingerprint density at radius 1 is 0.481 bits per heavy atom. The molecule has 0 amide bonds. The van der Waals surface area contributed by atoms with E-state index in [9.17, 15) is 0 Å². The maximum atomic E-state index is 5.13. The molecule has 0 aliphatic rings. The van der Waals surface area contributed by atoms with Crippen LogP contribution in [0.3, 0.4) is 0 Å². The highest BCUT2D eigenvalue weighted by atomic mass is 32.2. The highest BCUT2D eigenvalue weighted by molar-refractivity contribution is 7.78. The highest BCUT2D eigenvalue weighted by Crippen LogP contribution is 2.19. The van der Waals surface area contributed by atoms with Crippen molar-refractivity contribution in [3.8, 4) is 17.2 Å². The standard InChI is InChI=1S/C14H14O2S.C7H8O.C2H6/c1-15-11-3-7-13(8-4-11)17-14-9-5-12(16-2)6-10-14;1-8-7-5-3-2-4-6-7;1-2/h3-10H,1-2H3;2-6H,1H3;1-2H3/p+1. The first-order valence-electron chi connectivity index (χ1n) is 8.84. The van der Waals surface area contributed by atoms with E-state index in [1.165, 1.54) is 21.6 Å². The van der Waals surface area contributed by atoms with Gasteiger partial charge in [-0.1, -0.05) is 32.0 Å². The van der Waals surface area contributed by atoms with Crippen LogP contribution in [0.2, 0.25) is 0 Å². The highest BCUT2D eigenvalue weighted by Gasteiger charge is 2.07. The summed E-state index contributed by atoms with van der Waals surface area (Å²) in [7, 11) is 5.02. The number of hydrogen-bond acceptors (Lipinski definition) is 3. The van der Waals surface area contributed by atoms with Gasteiger partial charge in [0, 0.05) is 11.8 Å². The number of hydrogen-bond donors (Lipinski definition) is 0. The first-order valence-corrected chi connectivity index (χ1v) is 9.73. The Kier molecular flexibility index (Phi) is 11.3. The Labute approximate surface area is 167 Å². The van der Waals surface area contributed by atoms with Gasteiger partial charge >= 0.3 is 0 Å². The van der Waals surface area contributed by atoms with Crippen LogP contribution >= 0.6 is 0 Å². The molecule has 0 aliphatic carbocycles. The molecule has 0 aromatic heterocycles. The van der Waals surface area contributed by atoms with Crippen molar-refractivity contribution in [1.82, 2.24) is 0 Å². The zero-order chi connectivity index (χ0) is 19.9. The molecule has 27 heavy (non-hydrogen) atoms. The third kappa shape index (κ3) is 8.56. The van der Waals surface area contributed by atoms with Crippen LogP contribution in [-0.4, -0.2) is 21.3 Å². The fourth-order valence-corrected chi connectivity index (χ4v) is 2.91. The predicted molar refractivity (Wildman–Crippen MR) is 116 cm³/mol. The lowest BCUT2D eigenvalue weighted by molar-refractivity contribution is 0.414. The van der Waals surface area contributed by atoms with Crippen molar-refractivity contribution < 1.29 is 14.2 Å². The van der Waals surface area contributed by atoms with Gasteiger partial charge in [0.15, 0.2) is 9.79 Å². The zero-order valence-electron chi connectivity index (χ0n) is 16.7.